The number of aliphatic imine (C=N–C) groups is 1. The molecule has 0 unspecified atom stereocenters. The van der Waals surface area contributed by atoms with Crippen molar-refractivity contribution in [3.05, 3.63) is 23.5 Å². The second kappa shape index (κ2) is 14.8. The fourth-order valence-electron chi connectivity index (χ4n) is 5.27. The summed E-state index contributed by atoms with van der Waals surface area (Å²) in [6, 6.07) is 3.13. The molecule has 0 bridgehead atoms. The van der Waals surface area contributed by atoms with Crippen LogP contribution in [0.2, 0.25) is 0 Å². The number of aliphatic hydroxyl groups excluding tert-OH is 1. The molecule has 1 aromatic rings. The Morgan fingerprint density at radius 2 is 1.98 bits per heavy atom. The van der Waals surface area contributed by atoms with Gasteiger partial charge in [-0.1, -0.05) is 40.0 Å². The Bertz CT molecular complexity index is 1260. The number of amides is 2. The molecular formula is C30H45N7O7. The summed E-state index contributed by atoms with van der Waals surface area (Å²) in [7, 11) is 0. The number of urea groups is 1. The third-order valence-corrected chi connectivity index (χ3v) is 7.81. The topological polar surface area (TPSA) is 225 Å². The van der Waals surface area contributed by atoms with Gasteiger partial charge in [-0.25, -0.2) is 9.79 Å². The molecule has 5 atom stereocenters. The number of hydrogen-bond acceptors (Lipinski definition) is 10. The van der Waals surface area contributed by atoms with E-state index in [4.69, 9.17) is 25.4 Å². The molecule has 0 aromatic carbocycles. The molecule has 1 aromatic heterocycles. The molecule has 2 aliphatic rings. The summed E-state index contributed by atoms with van der Waals surface area (Å²) in [5.41, 5.74) is 3.62. The summed E-state index contributed by atoms with van der Waals surface area (Å²) >= 11 is 0. The van der Waals surface area contributed by atoms with Crippen LogP contribution in [-0.2, 0) is 29.4 Å². The number of nitrogens with two attached hydrogens (primary N) is 1. The van der Waals surface area contributed by atoms with Crippen molar-refractivity contribution in [2.75, 3.05) is 6.61 Å². The number of rotatable bonds is 10. The van der Waals surface area contributed by atoms with Crippen LogP contribution in [0.1, 0.15) is 84.5 Å². The maximum Gasteiger partial charge on any atom is 0.323 e. The third-order valence-electron chi connectivity index (χ3n) is 7.81. The highest BCUT2D eigenvalue weighted by Crippen LogP contribution is 2.41. The summed E-state index contributed by atoms with van der Waals surface area (Å²) in [5.74, 6) is -1.06. The van der Waals surface area contributed by atoms with Gasteiger partial charge in [0.05, 0.1) is 11.4 Å². The molecule has 2 amide bonds. The summed E-state index contributed by atoms with van der Waals surface area (Å²) in [6.07, 6.45) is 1.81. The Hall–Kier alpha value is -3.80. The van der Waals surface area contributed by atoms with Crippen LogP contribution in [0.25, 0.3) is 0 Å². The van der Waals surface area contributed by atoms with Crippen molar-refractivity contribution in [3.8, 4) is 6.07 Å². The lowest BCUT2D eigenvalue weighted by Crippen LogP contribution is -2.49. The number of ether oxygens (including phenoxy) is 3. The first-order valence-corrected chi connectivity index (χ1v) is 14.9. The molecule has 0 spiro atoms. The van der Waals surface area contributed by atoms with Gasteiger partial charge in [0.1, 0.15) is 37.3 Å². The minimum absolute atomic E-state index is 0.0303. The molecule has 0 radical (unpaired) electrons. The standard InChI is InChI=1S/C30H45N7O7/c1-17(2)35-28(41)37-26(34-16-32)19-11-12-21(36-19)30(15-31)25(39)23(43-27(40)24(33)29(3,4)5)20(44-30)14-42-22(38)13-18-9-7-6-8-10-18/h11-12,16-18,20,23-25,36,39H,6-10,13-14,33H2,1-5H3,(H3,32,34,35,37,41)/t20-,23-,24-,25-,30+/m1/s1. The molecule has 1 saturated carbocycles. The molecule has 242 valence electrons. The van der Waals surface area contributed by atoms with E-state index in [0.29, 0.717) is 0 Å². The van der Waals surface area contributed by atoms with Crippen LogP contribution in [-0.4, -0.2) is 77.2 Å². The van der Waals surface area contributed by atoms with Crippen molar-refractivity contribution in [2.45, 2.75) is 109 Å². The number of nitrogens with one attached hydrogen (secondary N) is 4. The van der Waals surface area contributed by atoms with Gasteiger partial charge in [-0.05, 0) is 50.2 Å². The van der Waals surface area contributed by atoms with E-state index in [1.165, 1.54) is 12.1 Å². The van der Waals surface area contributed by atoms with E-state index in [9.17, 15) is 24.8 Å². The molecule has 14 nitrogen and oxygen atoms in total. The van der Waals surface area contributed by atoms with Gasteiger partial charge in [-0.15, -0.1) is 0 Å². The highest BCUT2D eigenvalue weighted by Gasteiger charge is 2.59. The summed E-state index contributed by atoms with van der Waals surface area (Å²) < 4.78 is 17.3. The molecule has 2 heterocycles. The first-order chi connectivity index (χ1) is 20.7. The van der Waals surface area contributed by atoms with Crippen LogP contribution in [0.3, 0.4) is 0 Å². The van der Waals surface area contributed by atoms with Crippen molar-refractivity contribution in [1.82, 2.24) is 15.6 Å². The number of aliphatic hydroxyl groups is 1. The SMILES string of the molecule is CC(C)NC(=O)NC(=NC=N)c1ccc([C@]2(C#N)O[C@H](COC(=O)CC3CCCCC3)[C@@H](OC(=O)[C@@H](N)C(C)(C)C)[C@H]2O)[nH]1. The zero-order valence-electron chi connectivity index (χ0n) is 26.0. The van der Waals surface area contributed by atoms with Crippen LogP contribution < -0.4 is 16.4 Å². The molecule has 3 rings (SSSR count). The third kappa shape index (κ3) is 8.43. The second-order valence-electron chi connectivity index (χ2n) is 12.7. The van der Waals surface area contributed by atoms with Gasteiger partial charge in [-0.3, -0.25) is 20.3 Å². The van der Waals surface area contributed by atoms with Crippen LogP contribution >= 0.6 is 0 Å². The number of carbonyl (C=O) groups excluding carboxylic acids is 3. The molecule has 14 heteroatoms. The number of amidine groups is 1. The summed E-state index contributed by atoms with van der Waals surface area (Å²) in [4.78, 5) is 44.8. The fourth-order valence-corrected chi connectivity index (χ4v) is 5.27. The Kier molecular flexibility index (Phi) is 11.7. The van der Waals surface area contributed by atoms with E-state index < -0.39 is 53.3 Å². The number of nitrogens with zero attached hydrogens (tertiary/aromatic N) is 2. The highest BCUT2D eigenvalue weighted by atomic mass is 16.6. The second-order valence-corrected chi connectivity index (χ2v) is 12.7. The Balaban J connectivity index is 1.88. The quantitative estimate of drug-likeness (QED) is 0.129. The number of nitriles is 1. The predicted octanol–water partition coefficient (Wildman–Crippen LogP) is 2.35. The molecular weight excluding hydrogens is 570 g/mol. The lowest BCUT2D eigenvalue weighted by atomic mass is 9.87. The zero-order valence-corrected chi connectivity index (χ0v) is 26.0. The van der Waals surface area contributed by atoms with E-state index >= 15 is 0 Å². The molecule has 1 aliphatic carbocycles. The number of carbonyl (C=O) groups is 3. The monoisotopic (exact) mass is 615 g/mol. The van der Waals surface area contributed by atoms with Crippen molar-refractivity contribution >= 4 is 30.1 Å². The van der Waals surface area contributed by atoms with E-state index in [2.05, 4.69) is 20.6 Å². The number of aromatic nitrogens is 1. The van der Waals surface area contributed by atoms with E-state index in [1.807, 2.05) is 6.07 Å². The van der Waals surface area contributed by atoms with Gasteiger partial charge in [0.15, 0.2) is 11.9 Å². The van der Waals surface area contributed by atoms with Gasteiger partial charge in [0, 0.05) is 12.5 Å². The largest absolute Gasteiger partial charge is 0.463 e. The average Bonchev–Trinajstić information content (AvgIpc) is 3.55. The smallest absolute Gasteiger partial charge is 0.323 e. The Labute approximate surface area is 257 Å². The van der Waals surface area contributed by atoms with Gasteiger partial charge >= 0.3 is 18.0 Å². The molecule has 1 saturated heterocycles. The van der Waals surface area contributed by atoms with E-state index in [1.54, 1.807) is 34.6 Å². The van der Waals surface area contributed by atoms with Crippen molar-refractivity contribution in [2.24, 2.45) is 22.1 Å². The first-order valence-electron chi connectivity index (χ1n) is 14.9. The Morgan fingerprint density at radius 1 is 1.30 bits per heavy atom. The molecule has 44 heavy (non-hydrogen) atoms. The minimum Gasteiger partial charge on any atom is -0.463 e. The van der Waals surface area contributed by atoms with Crippen LogP contribution in [0.5, 0.6) is 0 Å². The summed E-state index contributed by atoms with van der Waals surface area (Å²) in [5, 5.41) is 34.5. The van der Waals surface area contributed by atoms with Crippen LogP contribution in [0.4, 0.5) is 4.79 Å². The normalized spacial score (nSPS) is 25.2. The average molecular weight is 616 g/mol. The lowest BCUT2D eigenvalue weighted by Gasteiger charge is -2.29. The first kappa shape index (κ1) is 34.7. The number of aromatic amines is 1. The van der Waals surface area contributed by atoms with Crippen LogP contribution in [0, 0.1) is 28.1 Å². The van der Waals surface area contributed by atoms with Crippen molar-refractivity contribution < 1.29 is 33.7 Å². The predicted molar refractivity (Wildman–Crippen MR) is 161 cm³/mol. The fraction of sp³-hybridized carbons (Fsp3) is 0.667. The van der Waals surface area contributed by atoms with E-state index in [0.717, 1.165) is 38.4 Å². The van der Waals surface area contributed by atoms with Crippen molar-refractivity contribution in [3.63, 3.8) is 0 Å². The minimum atomic E-state index is -2.09. The molecule has 1 aliphatic heterocycles. The van der Waals surface area contributed by atoms with Crippen molar-refractivity contribution in [1.29, 1.82) is 10.7 Å². The Morgan fingerprint density at radius 3 is 2.57 bits per heavy atom. The van der Waals surface area contributed by atoms with Crippen LogP contribution in [0.15, 0.2) is 17.1 Å². The van der Waals surface area contributed by atoms with Gasteiger partial charge < -0.3 is 35.4 Å². The van der Waals surface area contributed by atoms with E-state index in [-0.39, 0.29) is 42.2 Å². The van der Waals surface area contributed by atoms with Gasteiger partial charge in [0.2, 0.25) is 5.60 Å². The number of H-pyrrole nitrogens is 1. The van der Waals surface area contributed by atoms with Gasteiger partial charge in [-0.2, -0.15) is 5.26 Å². The lowest BCUT2D eigenvalue weighted by molar-refractivity contribution is -0.163. The summed E-state index contributed by atoms with van der Waals surface area (Å²) in [6.45, 7) is 8.45. The zero-order chi connectivity index (χ0) is 32.7. The number of esters is 2. The maximum atomic E-state index is 13.0. The maximum absolute atomic E-state index is 13.0. The van der Waals surface area contributed by atoms with Gasteiger partial charge in [0.25, 0.3) is 0 Å². The molecule has 2 fully saturated rings. The highest BCUT2D eigenvalue weighted by molar-refractivity contribution is 6.08. The number of hydrogen-bond donors (Lipinski definition) is 6. The molecule has 7 N–H and O–H groups in total.